The molecule has 25 heavy (non-hydrogen) atoms. The number of halogens is 2. The number of hydrogen-bond donors (Lipinski definition) is 2. The maximum atomic E-state index is 12.3. The standard InChI is InChI=1S/C19H29N3O.2ClH/c1-15(19(23)21-14-18-12-20-13-18)22-9-7-17(8-10-22)11-16-5-3-2-4-6-16;;/h2-6,15,17-18,20H,7-14H2,1H3,(H,21,23);2*1H. The summed E-state index contributed by atoms with van der Waals surface area (Å²) in [7, 11) is 0. The van der Waals surface area contributed by atoms with Gasteiger partial charge < -0.3 is 10.6 Å². The van der Waals surface area contributed by atoms with Crippen LogP contribution in [0.25, 0.3) is 0 Å². The van der Waals surface area contributed by atoms with Gasteiger partial charge in [0.05, 0.1) is 6.04 Å². The molecule has 6 heteroatoms. The quantitative estimate of drug-likeness (QED) is 0.787. The maximum absolute atomic E-state index is 12.3. The minimum Gasteiger partial charge on any atom is -0.354 e. The summed E-state index contributed by atoms with van der Waals surface area (Å²) >= 11 is 0. The van der Waals surface area contributed by atoms with Gasteiger partial charge in [0.1, 0.15) is 0 Å². The van der Waals surface area contributed by atoms with Crippen LogP contribution >= 0.6 is 24.8 Å². The highest BCUT2D eigenvalue weighted by Gasteiger charge is 2.27. The third kappa shape index (κ3) is 6.45. The number of carbonyl (C=O) groups is 1. The van der Waals surface area contributed by atoms with Crippen molar-refractivity contribution in [3.05, 3.63) is 35.9 Å². The number of hydrogen-bond acceptors (Lipinski definition) is 3. The van der Waals surface area contributed by atoms with Gasteiger partial charge in [-0.05, 0) is 50.8 Å². The van der Waals surface area contributed by atoms with E-state index in [1.54, 1.807) is 0 Å². The first-order chi connectivity index (χ1) is 11.2. The molecule has 0 bridgehead atoms. The fourth-order valence-corrected chi connectivity index (χ4v) is 3.54. The lowest BCUT2D eigenvalue weighted by atomic mass is 9.89. The molecule has 1 atom stereocenters. The summed E-state index contributed by atoms with van der Waals surface area (Å²) in [5.74, 6) is 1.58. The molecule has 2 heterocycles. The number of amides is 1. The van der Waals surface area contributed by atoms with Gasteiger partial charge in [-0.3, -0.25) is 9.69 Å². The molecule has 2 saturated heterocycles. The first-order valence-electron chi connectivity index (χ1n) is 8.99. The van der Waals surface area contributed by atoms with E-state index in [1.807, 2.05) is 6.92 Å². The fraction of sp³-hybridized carbons (Fsp3) is 0.632. The van der Waals surface area contributed by atoms with Crippen molar-refractivity contribution < 1.29 is 4.79 Å². The first-order valence-corrected chi connectivity index (χ1v) is 8.99. The van der Waals surface area contributed by atoms with Gasteiger partial charge in [-0.25, -0.2) is 0 Å². The molecule has 0 saturated carbocycles. The van der Waals surface area contributed by atoms with Crippen LogP contribution < -0.4 is 10.6 Å². The third-order valence-electron chi connectivity index (χ3n) is 5.37. The molecule has 3 rings (SSSR count). The Morgan fingerprint density at radius 3 is 2.36 bits per heavy atom. The van der Waals surface area contributed by atoms with Gasteiger partial charge in [0.25, 0.3) is 0 Å². The lowest BCUT2D eigenvalue weighted by Gasteiger charge is -2.36. The van der Waals surface area contributed by atoms with E-state index < -0.39 is 0 Å². The molecule has 2 aliphatic rings. The van der Waals surface area contributed by atoms with Gasteiger partial charge in [-0.2, -0.15) is 0 Å². The van der Waals surface area contributed by atoms with E-state index in [0.29, 0.717) is 5.92 Å². The second-order valence-electron chi connectivity index (χ2n) is 7.11. The molecular formula is C19H31Cl2N3O. The first kappa shape index (κ1) is 22.2. The summed E-state index contributed by atoms with van der Waals surface area (Å²) in [4.78, 5) is 14.6. The van der Waals surface area contributed by atoms with E-state index >= 15 is 0 Å². The van der Waals surface area contributed by atoms with E-state index in [9.17, 15) is 4.79 Å². The Hall–Kier alpha value is -0.810. The Morgan fingerprint density at radius 2 is 1.80 bits per heavy atom. The van der Waals surface area contributed by atoms with Crippen LogP contribution in [0.4, 0.5) is 0 Å². The summed E-state index contributed by atoms with van der Waals surface area (Å²) in [6, 6.07) is 10.8. The molecule has 1 unspecified atom stereocenters. The summed E-state index contributed by atoms with van der Waals surface area (Å²) in [6.07, 6.45) is 3.56. The van der Waals surface area contributed by atoms with Crippen molar-refractivity contribution in [1.82, 2.24) is 15.5 Å². The van der Waals surface area contributed by atoms with E-state index in [4.69, 9.17) is 0 Å². The summed E-state index contributed by atoms with van der Waals surface area (Å²) in [5, 5.41) is 6.35. The zero-order valence-corrected chi connectivity index (χ0v) is 16.6. The van der Waals surface area contributed by atoms with Crippen molar-refractivity contribution in [1.29, 1.82) is 0 Å². The molecule has 0 aromatic heterocycles. The minimum absolute atomic E-state index is 0. The van der Waals surface area contributed by atoms with Crippen LogP contribution in [-0.2, 0) is 11.2 Å². The van der Waals surface area contributed by atoms with Crippen LogP contribution in [0, 0.1) is 11.8 Å². The van der Waals surface area contributed by atoms with Gasteiger partial charge in [0.2, 0.25) is 5.91 Å². The van der Waals surface area contributed by atoms with Crippen molar-refractivity contribution in [2.45, 2.75) is 32.2 Å². The second-order valence-corrected chi connectivity index (χ2v) is 7.11. The Bertz CT molecular complexity index is 503. The molecule has 0 radical (unpaired) electrons. The van der Waals surface area contributed by atoms with Crippen LogP contribution in [0.3, 0.4) is 0 Å². The largest absolute Gasteiger partial charge is 0.354 e. The molecule has 0 aliphatic carbocycles. The fourth-order valence-electron chi connectivity index (χ4n) is 3.54. The summed E-state index contributed by atoms with van der Waals surface area (Å²) in [5.41, 5.74) is 1.44. The SMILES string of the molecule is CC(C(=O)NCC1CNC1)N1CCC(Cc2ccccc2)CC1.Cl.Cl. The third-order valence-corrected chi connectivity index (χ3v) is 5.37. The smallest absolute Gasteiger partial charge is 0.237 e. The average molecular weight is 388 g/mol. The number of likely N-dealkylation sites (tertiary alicyclic amines) is 1. The van der Waals surface area contributed by atoms with Crippen LogP contribution in [0.5, 0.6) is 0 Å². The van der Waals surface area contributed by atoms with Gasteiger partial charge in [0, 0.05) is 25.6 Å². The van der Waals surface area contributed by atoms with E-state index in [-0.39, 0.29) is 36.8 Å². The molecular weight excluding hydrogens is 357 g/mol. The molecule has 1 amide bonds. The molecule has 142 valence electrons. The van der Waals surface area contributed by atoms with Gasteiger partial charge in [-0.1, -0.05) is 30.3 Å². The number of carbonyl (C=O) groups excluding carboxylic acids is 1. The van der Waals surface area contributed by atoms with E-state index in [1.165, 1.54) is 24.8 Å². The molecule has 0 spiro atoms. The highest BCUT2D eigenvalue weighted by molar-refractivity contribution is 5.85. The minimum atomic E-state index is 0. The van der Waals surface area contributed by atoms with Gasteiger partial charge in [-0.15, -0.1) is 24.8 Å². The number of nitrogens with one attached hydrogen (secondary N) is 2. The lowest BCUT2D eigenvalue weighted by Crippen LogP contribution is -2.52. The Balaban J connectivity index is 0.00000156. The Morgan fingerprint density at radius 1 is 1.16 bits per heavy atom. The molecule has 2 N–H and O–H groups in total. The highest BCUT2D eigenvalue weighted by atomic mass is 35.5. The second kappa shape index (κ2) is 11.0. The number of benzene rings is 1. The summed E-state index contributed by atoms with van der Waals surface area (Å²) in [6.45, 7) is 7.03. The van der Waals surface area contributed by atoms with Crippen molar-refractivity contribution in [3.8, 4) is 0 Å². The maximum Gasteiger partial charge on any atom is 0.237 e. The van der Waals surface area contributed by atoms with Crippen LogP contribution in [0.2, 0.25) is 0 Å². The Labute approximate surface area is 163 Å². The zero-order valence-electron chi connectivity index (χ0n) is 14.9. The number of nitrogens with zero attached hydrogens (tertiary/aromatic N) is 1. The molecule has 1 aromatic carbocycles. The summed E-state index contributed by atoms with van der Waals surface area (Å²) < 4.78 is 0. The van der Waals surface area contributed by atoms with E-state index in [2.05, 4.69) is 45.9 Å². The molecule has 1 aromatic rings. The monoisotopic (exact) mass is 387 g/mol. The van der Waals surface area contributed by atoms with Gasteiger partial charge in [0.15, 0.2) is 0 Å². The predicted octanol–water partition coefficient (Wildman–Crippen LogP) is 2.51. The normalized spacial score (nSPS) is 19.9. The number of rotatable bonds is 6. The van der Waals surface area contributed by atoms with E-state index in [0.717, 1.165) is 38.6 Å². The Kier molecular flexibility index (Phi) is 9.80. The lowest BCUT2D eigenvalue weighted by molar-refractivity contribution is -0.126. The number of piperidine rings is 1. The van der Waals surface area contributed by atoms with Gasteiger partial charge >= 0.3 is 0 Å². The van der Waals surface area contributed by atoms with Crippen LogP contribution in [0.15, 0.2) is 30.3 Å². The van der Waals surface area contributed by atoms with Crippen molar-refractivity contribution in [2.24, 2.45) is 11.8 Å². The van der Waals surface area contributed by atoms with Crippen molar-refractivity contribution in [2.75, 3.05) is 32.7 Å². The molecule has 4 nitrogen and oxygen atoms in total. The van der Waals surface area contributed by atoms with Crippen molar-refractivity contribution in [3.63, 3.8) is 0 Å². The highest BCUT2D eigenvalue weighted by Crippen LogP contribution is 2.22. The topological polar surface area (TPSA) is 44.4 Å². The molecule has 2 fully saturated rings. The zero-order chi connectivity index (χ0) is 16.1. The van der Waals surface area contributed by atoms with Crippen LogP contribution in [0.1, 0.15) is 25.3 Å². The van der Waals surface area contributed by atoms with Crippen LogP contribution in [-0.4, -0.2) is 49.6 Å². The predicted molar refractivity (Wildman–Crippen MR) is 108 cm³/mol. The average Bonchev–Trinajstić information content (AvgIpc) is 2.54. The van der Waals surface area contributed by atoms with Crippen molar-refractivity contribution >= 4 is 30.7 Å². The molecule has 2 aliphatic heterocycles.